The molecule has 2 rings (SSSR count). The molecule has 23 heavy (non-hydrogen) atoms. The van der Waals surface area contributed by atoms with E-state index in [9.17, 15) is 22.8 Å². The van der Waals surface area contributed by atoms with Crippen molar-refractivity contribution in [3.05, 3.63) is 28.8 Å². The predicted molar refractivity (Wildman–Crippen MR) is 78.2 cm³/mol. The van der Waals surface area contributed by atoms with Gasteiger partial charge in [-0.1, -0.05) is 11.6 Å². The number of alkyl halides is 3. The van der Waals surface area contributed by atoms with Crippen LogP contribution in [-0.2, 0) is 15.8 Å². The first-order valence-corrected chi connectivity index (χ1v) is 7.46. The first kappa shape index (κ1) is 17.6. The molecular formula is C15H15ClF3NO3. The molecule has 126 valence electrons. The lowest BCUT2D eigenvalue weighted by Crippen LogP contribution is -2.29. The van der Waals surface area contributed by atoms with E-state index in [-0.39, 0.29) is 5.69 Å². The van der Waals surface area contributed by atoms with Crippen molar-refractivity contribution >= 4 is 29.2 Å². The Morgan fingerprint density at radius 2 is 1.70 bits per heavy atom. The van der Waals surface area contributed by atoms with Gasteiger partial charge in [-0.3, -0.25) is 9.59 Å². The summed E-state index contributed by atoms with van der Waals surface area (Å²) in [5.74, 6) is -2.12. The SMILES string of the molecule is O=C(O)C1CCC(C(=O)Nc2ccc(Cl)c(C(F)(F)F)c2)CC1. The molecular weight excluding hydrogens is 335 g/mol. The third kappa shape index (κ3) is 4.37. The molecule has 0 bridgehead atoms. The lowest BCUT2D eigenvalue weighted by molar-refractivity contribution is -0.143. The van der Waals surface area contributed by atoms with Gasteiger partial charge in [-0.05, 0) is 43.9 Å². The summed E-state index contributed by atoms with van der Waals surface area (Å²) in [7, 11) is 0. The number of rotatable bonds is 3. The van der Waals surface area contributed by atoms with Gasteiger partial charge in [-0.2, -0.15) is 13.2 Å². The van der Waals surface area contributed by atoms with Crippen LogP contribution in [0.5, 0.6) is 0 Å². The molecule has 1 fully saturated rings. The van der Waals surface area contributed by atoms with E-state index in [4.69, 9.17) is 16.7 Å². The molecule has 0 spiro atoms. The first-order chi connectivity index (χ1) is 10.7. The standard InChI is InChI=1S/C15H15ClF3NO3/c16-12-6-5-10(7-11(12)15(17,18)19)20-13(21)8-1-3-9(4-2-8)14(22)23/h5-9H,1-4H2,(H,20,21)(H,22,23). The van der Waals surface area contributed by atoms with Crippen LogP contribution in [0.4, 0.5) is 18.9 Å². The van der Waals surface area contributed by atoms with Gasteiger partial charge in [0.25, 0.3) is 0 Å². The van der Waals surface area contributed by atoms with Crippen LogP contribution in [0.1, 0.15) is 31.2 Å². The summed E-state index contributed by atoms with van der Waals surface area (Å²) in [6.07, 6.45) is -3.01. The van der Waals surface area contributed by atoms with Gasteiger partial charge in [0.15, 0.2) is 0 Å². The molecule has 4 nitrogen and oxygen atoms in total. The molecule has 0 saturated heterocycles. The van der Waals surface area contributed by atoms with Gasteiger partial charge in [0.1, 0.15) is 0 Å². The van der Waals surface area contributed by atoms with E-state index in [1.165, 1.54) is 6.07 Å². The fourth-order valence-corrected chi connectivity index (χ4v) is 2.89. The second kappa shape index (κ2) is 6.78. The van der Waals surface area contributed by atoms with Crippen LogP contribution in [0.3, 0.4) is 0 Å². The van der Waals surface area contributed by atoms with Crippen LogP contribution in [0, 0.1) is 11.8 Å². The number of hydrogen-bond donors (Lipinski definition) is 2. The minimum absolute atomic E-state index is 0.0204. The summed E-state index contributed by atoms with van der Waals surface area (Å²) in [6, 6.07) is 3.18. The molecule has 0 heterocycles. The van der Waals surface area contributed by atoms with Crippen molar-refractivity contribution in [1.29, 1.82) is 0 Å². The van der Waals surface area contributed by atoms with Crippen LogP contribution in [-0.4, -0.2) is 17.0 Å². The van der Waals surface area contributed by atoms with E-state index in [1.807, 2.05) is 0 Å². The first-order valence-electron chi connectivity index (χ1n) is 7.09. The molecule has 1 aliphatic carbocycles. The molecule has 1 amide bonds. The van der Waals surface area contributed by atoms with Gasteiger partial charge < -0.3 is 10.4 Å². The van der Waals surface area contributed by atoms with E-state index in [2.05, 4.69) is 5.32 Å². The van der Waals surface area contributed by atoms with E-state index < -0.39 is 40.5 Å². The van der Waals surface area contributed by atoms with Crippen molar-refractivity contribution in [3.63, 3.8) is 0 Å². The Morgan fingerprint density at radius 1 is 1.13 bits per heavy atom. The smallest absolute Gasteiger partial charge is 0.417 e. The quantitative estimate of drug-likeness (QED) is 0.860. The molecule has 1 aromatic carbocycles. The van der Waals surface area contributed by atoms with Gasteiger partial charge in [0.2, 0.25) is 5.91 Å². The van der Waals surface area contributed by atoms with E-state index in [0.717, 1.165) is 12.1 Å². The maximum atomic E-state index is 12.8. The fourth-order valence-electron chi connectivity index (χ4n) is 2.67. The zero-order chi connectivity index (χ0) is 17.2. The average molecular weight is 350 g/mol. The normalized spacial score (nSPS) is 21.7. The van der Waals surface area contributed by atoms with Crippen molar-refractivity contribution < 1.29 is 27.9 Å². The molecule has 1 saturated carbocycles. The Kier molecular flexibility index (Phi) is 5.19. The lowest BCUT2D eigenvalue weighted by Gasteiger charge is -2.25. The highest BCUT2D eigenvalue weighted by Gasteiger charge is 2.34. The monoisotopic (exact) mass is 349 g/mol. The van der Waals surface area contributed by atoms with Crippen LogP contribution in [0.2, 0.25) is 5.02 Å². The minimum Gasteiger partial charge on any atom is -0.481 e. The Morgan fingerprint density at radius 3 is 2.22 bits per heavy atom. The maximum Gasteiger partial charge on any atom is 0.417 e. The molecule has 0 aliphatic heterocycles. The van der Waals surface area contributed by atoms with E-state index >= 15 is 0 Å². The molecule has 0 radical (unpaired) electrons. The third-order valence-corrected chi connectivity index (χ3v) is 4.32. The second-order valence-corrected chi connectivity index (χ2v) is 5.98. The number of hydrogen-bond acceptors (Lipinski definition) is 2. The molecule has 2 N–H and O–H groups in total. The van der Waals surface area contributed by atoms with Crippen molar-refractivity contribution in [2.45, 2.75) is 31.9 Å². The lowest BCUT2D eigenvalue weighted by atomic mass is 9.81. The Labute approximate surface area is 135 Å². The number of halogens is 4. The molecule has 1 aromatic rings. The predicted octanol–water partition coefficient (Wildman–Crippen LogP) is 4.19. The zero-order valence-corrected chi connectivity index (χ0v) is 12.7. The summed E-state index contributed by atoms with van der Waals surface area (Å²) in [4.78, 5) is 23.0. The van der Waals surface area contributed by atoms with Crippen LogP contribution < -0.4 is 5.32 Å². The number of nitrogens with one attached hydrogen (secondary N) is 1. The van der Waals surface area contributed by atoms with Crippen LogP contribution in [0.15, 0.2) is 18.2 Å². The number of benzene rings is 1. The highest BCUT2D eigenvalue weighted by Crippen LogP contribution is 2.36. The van der Waals surface area contributed by atoms with Gasteiger partial charge in [0, 0.05) is 11.6 Å². The van der Waals surface area contributed by atoms with Gasteiger partial charge >= 0.3 is 12.1 Å². The number of carboxylic acid groups (broad SMARTS) is 1. The molecule has 0 atom stereocenters. The van der Waals surface area contributed by atoms with Gasteiger partial charge in [0.05, 0.1) is 16.5 Å². The Balaban J connectivity index is 2.03. The number of carboxylic acids is 1. The topological polar surface area (TPSA) is 66.4 Å². The highest BCUT2D eigenvalue weighted by atomic mass is 35.5. The Bertz CT molecular complexity index is 610. The summed E-state index contributed by atoms with van der Waals surface area (Å²) >= 11 is 5.52. The number of aliphatic carboxylic acids is 1. The zero-order valence-electron chi connectivity index (χ0n) is 12.0. The van der Waals surface area contributed by atoms with Crippen molar-refractivity contribution in [1.82, 2.24) is 0 Å². The second-order valence-electron chi connectivity index (χ2n) is 5.57. The molecule has 0 unspecified atom stereocenters. The van der Waals surface area contributed by atoms with E-state index in [1.54, 1.807) is 0 Å². The van der Waals surface area contributed by atoms with E-state index in [0.29, 0.717) is 25.7 Å². The molecule has 8 heteroatoms. The third-order valence-electron chi connectivity index (χ3n) is 3.99. The summed E-state index contributed by atoms with van der Waals surface area (Å²) < 4.78 is 38.4. The Hall–Kier alpha value is -1.76. The molecule has 0 aromatic heterocycles. The fraction of sp³-hybridized carbons (Fsp3) is 0.467. The number of anilines is 1. The van der Waals surface area contributed by atoms with Gasteiger partial charge in [-0.25, -0.2) is 0 Å². The van der Waals surface area contributed by atoms with Crippen molar-refractivity contribution in [3.8, 4) is 0 Å². The minimum atomic E-state index is -4.60. The summed E-state index contributed by atoms with van der Waals surface area (Å²) in [5.41, 5.74) is -0.987. The average Bonchev–Trinajstić information content (AvgIpc) is 2.48. The van der Waals surface area contributed by atoms with Crippen LogP contribution in [0.25, 0.3) is 0 Å². The van der Waals surface area contributed by atoms with Crippen LogP contribution >= 0.6 is 11.6 Å². The van der Waals surface area contributed by atoms with Crippen molar-refractivity contribution in [2.75, 3.05) is 5.32 Å². The summed E-state index contributed by atoms with van der Waals surface area (Å²) in [5, 5.41) is 10.9. The molecule has 1 aliphatic rings. The van der Waals surface area contributed by atoms with Gasteiger partial charge in [-0.15, -0.1) is 0 Å². The number of carbonyl (C=O) groups is 2. The maximum absolute atomic E-state index is 12.8. The largest absolute Gasteiger partial charge is 0.481 e. The van der Waals surface area contributed by atoms with Crippen molar-refractivity contribution in [2.24, 2.45) is 11.8 Å². The number of amides is 1. The summed E-state index contributed by atoms with van der Waals surface area (Å²) in [6.45, 7) is 0. The number of carbonyl (C=O) groups excluding carboxylic acids is 1. The highest BCUT2D eigenvalue weighted by molar-refractivity contribution is 6.31.